The van der Waals surface area contributed by atoms with E-state index in [0.717, 1.165) is 5.82 Å². The van der Waals surface area contributed by atoms with Crippen molar-refractivity contribution in [3.63, 3.8) is 0 Å². The fourth-order valence-electron chi connectivity index (χ4n) is 1.77. The highest BCUT2D eigenvalue weighted by molar-refractivity contribution is 5.34. The second-order valence-electron chi connectivity index (χ2n) is 4.35. The molecule has 2 aromatic rings. The molecule has 0 radical (unpaired) electrons. The lowest BCUT2D eigenvalue weighted by Crippen LogP contribution is -2.33. The van der Waals surface area contributed by atoms with Crippen LogP contribution >= 0.6 is 0 Å². The first-order valence-corrected chi connectivity index (χ1v) is 5.97. The van der Waals surface area contributed by atoms with E-state index in [-0.39, 0.29) is 17.7 Å². The number of nitrogens with one attached hydrogen (secondary N) is 2. The summed E-state index contributed by atoms with van der Waals surface area (Å²) < 4.78 is 1.28. The van der Waals surface area contributed by atoms with Crippen LogP contribution in [0.2, 0.25) is 0 Å². The molecule has 0 atom stereocenters. The van der Waals surface area contributed by atoms with E-state index in [0.29, 0.717) is 16.8 Å². The maximum absolute atomic E-state index is 12.1. The number of rotatable bonds is 3. The van der Waals surface area contributed by atoms with Crippen LogP contribution in [0.25, 0.3) is 0 Å². The van der Waals surface area contributed by atoms with Gasteiger partial charge in [-0.25, -0.2) is 9.67 Å². The van der Waals surface area contributed by atoms with Crippen molar-refractivity contribution >= 4 is 5.82 Å². The molecule has 0 amide bonds. The van der Waals surface area contributed by atoms with Crippen molar-refractivity contribution in [3.8, 4) is 0 Å². The summed E-state index contributed by atoms with van der Waals surface area (Å²) in [6.45, 7) is 3.53. The van der Waals surface area contributed by atoms with Gasteiger partial charge in [-0.05, 0) is 26.0 Å². The van der Waals surface area contributed by atoms with Crippen molar-refractivity contribution in [2.75, 3.05) is 12.4 Å². The van der Waals surface area contributed by atoms with Crippen LogP contribution in [0.15, 0.2) is 27.8 Å². The number of hydrogen-bond acceptors (Lipinski definition) is 4. The largest absolute Gasteiger partial charge is 0.373 e. The van der Waals surface area contributed by atoms with Gasteiger partial charge in [0.15, 0.2) is 0 Å². The van der Waals surface area contributed by atoms with Crippen LogP contribution in [0.1, 0.15) is 16.8 Å². The van der Waals surface area contributed by atoms with Gasteiger partial charge >= 0.3 is 0 Å². The van der Waals surface area contributed by atoms with Gasteiger partial charge in [0.1, 0.15) is 5.82 Å². The summed E-state index contributed by atoms with van der Waals surface area (Å²) in [6.07, 6.45) is 0. The Hall–Kier alpha value is -2.37. The van der Waals surface area contributed by atoms with Gasteiger partial charge in [-0.3, -0.25) is 14.7 Å². The molecule has 2 rings (SSSR count). The van der Waals surface area contributed by atoms with Gasteiger partial charge < -0.3 is 5.32 Å². The Morgan fingerprint density at radius 2 is 2.00 bits per heavy atom. The van der Waals surface area contributed by atoms with E-state index in [2.05, 4.69) is 15.4 Å². The predicted molar refractivity (Wildman–Crippen MR) is 73.7 cm³/mol. The Labute approximate surface area is 110 Å². The number of aromatic amines is 1. The van der Waals surface area contributed by atoms with Gasteiger partial charge in [0.2, 0.25) is 0 Å². The van der Waals surface area contributed by atoms with Gasteiger partial charge in [0.25, 0.3) is 11.1 Å². The third-order valence-corrected chi connectivity index (χ3v) is 3.09. The molecule has 19 heavy (non-hydrogen) atoms. The second kappa shape index (κ2) is 5.09. The zero-order valence-electron chi connectivity index (χ0n) is 11.2. The molecule has 6 nitrogen and oxygen atoms in total. The Morgan fingerprint density at radius 1 is 1.26 bits per heavy atom. The average Bonchev–Trinajstić information content (AvgIpc) is 2.42. The number of pyridine rings is 1. The Bertz CT molecular complexity index is 715. The summed E-state index contributed by atoms with van der Waals surface area (Å²) in [6, 6.07) is 5.48. The molecule has 0 saturated heterocycles. The molecular formula is C13H16N4O2. The molecule has 2 heterocycles. The van der Waals surface area contributed by atoms with Crippen molar-refractivity contribution in [2.24, 2.45) is 0 Å². The molecule has 6 heteroatoms. The van der Waals surface area contributed by atoms with E-state index in [1.807, 2.05) is 12.1 Å². The van der Waals surface area contributed by atoms with Crippen LogP contribution in [-0.2, 0) is 6.54 Å². The molecule has 0 aliphatic rings. The van der Waals surface area contributed by atoms with E-state index in [1.165, 1.54) is 4.68 Å². The maximum Gasteiger partial charge on any atom is 0.268 e. The van der Waals surface area contributed by atoms with E-state index in [9.17, 15) is 9.59 Å². The summed E-state index contributed by atoms with van der Waals surface area (Å²) in [5, 5.41) is 5.49. The minimum Gasteiger partial charge on any atom is -0.373 e. The molecule has 0 aromatic carbocycles. The number of anilines is 1. The summed E-state index contributed by atoms with van der Waals surface area (Å²) >= 11 is 0. The molecule has 2 N–H and O–H groups in total. The van der Waals surface area contributed by atoms with Crippen LogP contribution in [0.4, 0.5) is 5.82 Å². The quantitative estimate of drug-likeness (QED) is 0.848. The predicted octanol–water partition coefficient (Wildman–Crippen LogP) is 0.638. The van der Waals surface area contributed by atoms with Gasteiger partial charge in [-0.15, -0.1) is 0 Å². The third-order valence-electron chi connectivity index (χ3n) is 3.09. The molecule has 0 aliphatic heterocycles. The lowest BCUT2D eigenvalue weighted by molar-refractivity contribution is 0.609. The van der Waals surface area contributed by atoms with Gasteiger partial charge in [0, 0.05) is 18.2 Å². The Morgan fingerprint density at radius 3 is 2.68 bits per heavy atom. The first-order valence-electron chi connectivity index (χ1n) is 5.97. The molecule has 0 spiro atoms. The number of hydrogen-bond donors (Lipinski definition) is 2. The van der Waals surface area contributed by atoms with E-state index in [4.69, 9.17) is 0 Å². The molecule has 0 saturated carbocycles. The maximum atomic E-state index is 12.1. The van der Waals surface area contributed by atoms with Gasteiger partial charge in [-0.1, -0.05) is 6.07 Å². The van der Waals surface area contributed by atoms with Crippen LogP contribution in [0, 0.1) is 13.8 Å². The van der Waals surface area contributed by atoms with Gasteiger partial charge in [0.05, 0.1) is 12.2 Å². The summed E-state index contributed by atoms with van der Waals surface area (Å²) in [4.78, 5) is 28.0. The molecule has 100 valence electrons. The molecular weight excluding hydrogens is 244 g/mol. The fourth-order valence-corrected chi connectivity index (χ4v) is 1.77. The van der Waals surface area contributed by atoms with Crippen molar-refractivity contribution in [3.05, 3.63) is 55.7 Å². The van der Waals surface area contributed by atoms with Gasteiger partial charge in [-0.2, -0.15) is 0 Å². The zero-order valence-corrected chi connectivity index (χ0v) is 11.2. The first kappa shape index (κ1) is 13.1. The van der Waals surface area contributed by atoms with Crippen LogP contribution in [0.3, 0.4) is 0 Å². The van der Waals surface area contributed by atoms with Crippen molar-refractivity contribution in [1.29, 1.82) is 0 Å². The van der Waals surface area contributed by atoms with Crippen molar-refractivity contribution in [2.45, 2.75) is 20.4 Å². The minimum atomic E-state index is -0.248. The highest BCUT2D eigenvalue weighted by Crippen LogP contribution is 2.04. The molecule has 2 aromatic heterocycles. The highest BCUT2D eigenvalue weighted by atomic mass is 16.2. The van der Waals surface area contributed by atoms with E-state index >= 15 is 0 Å². The minimum absolute atomic E-state index is 0.200. The smallest absolute Gasteiger partial charge is 0.268 e. The molecule has 0 aliphatic carbocycles. The van der Waals surface area contributed by atoms with Crippen LogP contribution in [-0.4, -0.2) is 21.8 Å². The highest BCUT2D eigenvalue weighted by Gasteiger charge is 2.08. The standard InChI is InChI=1S/C13H16N4O2/c1-8-9(2)13(19)17(16-12(8)18)7-10-5-4-6-11(14-3)15-10/h4-6H,7H2,1-3H3,(H,14,15)(H,16,18). The zero-order chi connectivity index (χ0) is 14.0. The lowest BCUT2D eigenvalue weighted by atomic mass is 10.2. The summed E-state index contributed by atoms with van der Waals surface area (Å²) in [5.41, 5.74) is 1.18. The van der Waals surface area contributed by atoms with E-state index in [1.54, 1.807) is 27.0 Å². The number of aromatic nitrogens is 3. The summed E-state index contributed by atoms with van der Waals surface area (Å²) in [5.74, 6) is 0.719. The second-order valence-corrected chi connectivity index (χ2v) is 4.35. The molecule has 0 bridgehead atoms. The SMILES string of the molecule is CNc1cccc(Cn2[nH]c(=O)c(C)c(C)c2=O)n1. The third kappa shape index (κ3) is 2.57. The van der Waals surface area contributed by atoms with Crippen LogP contribution < -0.4 is 16.4 Å². The van der Waals surface area contributed by atoms with Crippen molar-refractivity contribution < 1.29 is 0 Å². The number of H-pyrrole nitrogens is 1. The fraction of sp³-hybridized carbons (Fsp3) is 0.308. The Kier molecular flexibility index (Phi) is 3.50. The summed E-state index contributed by atoms with van der Waals surface area (Å²) in [7, 11) is 1.77. The van der Waals surface area contributed by atoms with E-state index < -0.39 is 0 Å². The van der Waals surface area contributed by atoms with Crippen molar-refractivity contribution in [1.82, 2.24) is 14.8 Å². The molecule has 0 fully saturated rings. The Balaban J connectivity index is 2.44. The topological polar surface area (TPSA) is 79.8 Å². The lowest BCUT2D eigenvalue weighted by Gasteiger charge is -2.08. The number of nitrogens with zero attached hydrogens (tertiary/aromatic N) is 2. The average molecular weight is 260 g/mol. The first-order chi connectivity index (χ1) is 9.02. The normalized spacial score (nSPS) is 10.5. The van der Waals surface area contributed by atoms with Crippen LogP contribution in [0.5, 0.6) is 0 Å². The monoisotopic (exact) mass is 260 g/mol. The molecule has 0 unspecified atom stereocenters.